The lowest BCUT2D eigenvalue weighted by Crippen LogP contribution is -2.38. The van der Waals surface area contributed by atoms with Crippen molar-refractivity contribution in [3.05, 3.63) is 0 Å². The fourth-order valence-electron chi connectivity index (χ4n) is 1.64. The first-order valence-corrected chi connectivity index (χ1v) is 6.27. The number of hydrogen-bond acceptors (Lipinski definition) is 2. The summed E-state index contributed by atoms with van der Waals surface area (Å²) in [6.45, 7) is 4.77. The van der Waals surface area contributed by atoms with E-state index in [-0.39, 0.29) is 6.03 Å². The van der Waals surface area contributed by atoms with Crippen LogP contribution in [-0.2, 0) is 0 Å². The molecule has 0 spiro atoms. The molecule has 0 aromatic rings. The molecule has 0 aromatic carbocycles. The van der Waals surface area contributed by atoms with E-state index in [0.29, 0.717) is 0 Å². The van der Waals surface area contributed by atoms with Gasteiger partial charge in [-0.3, -0.25) is 0 Å². The minimum Gasteiger partial charge on any atom is -0.351 e. The van der Waals surface area contributed by atoms with Gasteiger partial charge in [-0.2, -0.15) is 0 Å². The Morgan fingerprint density at radius 3 is 2.12 bits per heavy atom. The summed E-state index contributed by atoms with van der Waals surface area (Å²) in [6.07, 6.45) is 5.71. The summed E-state index contributed by atoms with van der Waals surface area (Å²) in [6, 6.07) is -0.282. The number of nitrogens with two attached hydrogens (primary N) is 1. The van der Waals surface area contributed by atoms with Gasteiger partial charge in [-0.1, -0.05) is 26.2 Å². The molecule has 0 aliphatic heterocycles. The van der Waals surface area contributed by atoms with Crippen molar-refractivity contribution >= 4 is 6.03 Å². The van der Waals surface area contributed by atoms with Gasteiger partial charge in [0.2, 0.25) is 0 Å². The molecule has 4 heteroatoms. The molecule has 0 heterocycles. The molecule has 2 amide bonds. The molecule has 0 aromatic heterocycles. The van der Waals surface area contributed by atoms with Crippen LogP contribution in [0.4, 0.5) is 4.79 Å². The third-order valence-corrected chi connectivity index (χ3v) is 2.63. The number of hydrogen-bond donors (Lipinski definition) is 1. The molecule has 0 aliphatic rings. The van der Waals surface area contributed by atoms with Gasteiger partial charge in [0, 0.05) is 13.1 Å². The van der Waals surface area contributed by atoms with Gasteiger partial charge in [-0.05, 0) is 33.5 Å². The lowest BCUT2D eigenvalue weighted by atomic mass is 10.2. The van der Waals surface area contributed by atoms with E-state index in [4.69, 9.17) is 5.73 Å². The van der Waals surface area contributed by atoms with Crippen LogP contribution < -0.4 is 5.73 Å². The van der Waals surface area contributed by atoms with Crippen molar-refractivity contribution in [2.75, 3.05) is 33.7 Å². The molecule has 2 N–H and O–H groups in total. The van der Waals surface area contributed by atoms with Crippen LogP contribution in [0.1, 0.15) is 39.0 Å². The SMILES string of the molecule is CCCCCCN(CCCN(C)C)C(N)=O. The average molecular weight is 229 g/mol. The molecule has 0 saturated heterocycles. The van der Waals surface area contributed by atoms with Gasteiger partial charge in [0.15, 0.2) is 0 Å². The van der Waals surface area contributed by atoms with Crippen molar-refractivity contribution in [1.29, 1.82) is 0 Å². The molecule has 16 heavy (non-hydrogen) atoms. The first kappa shape index (κ1) is 15.2. The summed E-state index contributed by atoms with van der Waals surface area (Å²) >= 11 is 0. The van der Waals surface area contributed by atoms with E-state index in [9.17, 15) is 4.79 Å². The molecule has 0 radical (unpaired) electrons. The minimum atomic E-state index is -0.282. The maximum Gasteiger partial charge on any atom is 0.314 e. The number of amides is 2. The van der Waals surface area contributed by atoms with E-state index >= 15 is 0 Å². The zero-order valence-corrected chi connectivity index (χ0v) is 11.0. The van der Waals surface area contributed by atoms with Crippen LogP contribution in [0.5, 0.6) is 0 Å². The second-order valence-electron chi connectivity index (χ2n) is 4.54. The van der Waals surface area contributed by atoms with Crippen LogP contribution in [0.3, 0.4) is 0 Å². The van der Waals surface area contributed by atoms with Gasteiger partial charge in [0.1, 0.15) is 0 Å². The Hall–Kier alpha value is -0.770. The second-order valence-corrected chi connectivity index (χ2v) is 4.54. The predicted octanol–water partition coefficient (Wildman–Crippen LogP) is 1.90. The van der Waals surface area contributed by atoms with Crippen molar-refractivity contribution in [2.24, 2.45) is 5.73 Å². The minimum absolute atomic E-state index is 0.282. The predicted molar refractivity (Wildman–Crippen MR) is 68.5 cm³/mol. The van der Waals surface area contributed by atoms with E-state index in [0.717, 1.165) is 32.5 Å². The standard InChI is InChI=1S/C12H27N3O/c1-4-5-6-7-10-15(12(13)16)11-8-9-14(2)3/h4-11H2,1-3H3,(H2,13,16). The zero-order valence-electron chi connectivity index (χ0n) is 11.0. The molecule has 0 rings (SSSR count). The molecule has 96 valence electrons. The largest absolute Gasteiger partial charge is 0.351 e. The van der Waals surface area contributed by atoms with Crippen LogP contribution >= 0.6 is 0 Å². The van der Waals surface area contributed by atoms with E-state index < -0.39 is 0 Å². The molecule has 0 bridgehead atoms. The third-order valence-electron chi connectivity index (χ3n) is 2.63. The van der Waals surface area contributed by atoms with Gasteiger partial charge in [-0.25, -0.2) is 4.79 Å². The number of rotatable bonds is 9. The third kappa shape index (κ3) is 8.53. The molecule has 0 atom stereocenters. The van der Waals surface area contributed by atoms with Gasteiger partial charge >= 0.3 is 6.03 Å². The lowest BCUT2D eigenvalue weighted by molar-refractivity contribution is 0.203. The van der Waals surface area contributed by atoms with Crippen molar-refractivity contribution in [1.82, 2.24) is 9.80 Å². The van der Waals surface area contributed by atoms with E-state index in [1.165, 1.54) is 19.3 Å². The Kier molecular flexibility index (Phi) is 9.00. The Morgan fingerprint density at radius 2 is 1.62 bits per heavy atom. The summed E-state index contributed by atoms with van der Waals surface area (Å²) in [7, 11) is 4.08. The highest BCUT2D eigenvalue weighted by Gasteiger charge is 2.08. The number of primary amides is 1. The van der Waals surface area contributed by atoms with E-state index in [1.807, 2.05) is 14.1 Å². The zero-order chi connectivity index (χ0) is 12.4. The van der Waals surface area contributed by atoms with Crippen LogP contribution in [0.15, 0.2) is 0 Å². The van der Waals surface area contributed by atoms with Crippen molar-refractivity contribution in [3.63, 3.8) is 0 Å². The number of carbonyl (C=O) groups is 1. The molecular formula is C12H27N3O. The summed E-state index contributed by atoms with van der Waals surface area (Å²) in [5.41, 5.74) is 5.34. The molecule has 0 unspecified atom stereocenters. The highest BCUT2D eigenvalue weighted by atomic mass is 16.2. The molecule has 4 nitrogen and oxygen atoms in total. The fraction of sp³-hybridized carbons (Fsp3) is 0.917. The van der Waals surface area contributed by atoms with Gasteiger partial charge in [0.25, 0.3) is 0 Å². The quantitative estimate of drug-likeness (QED) is 0.614. The normalized spacial score (nSPS) is 10.8. The Balaban J connectivity index is 3.67. The van der Waals surface area contributed by atoms with Crippen molar-refractivity contribution in [3.8, 4) is 0 Å². The summed E-state index contributed by atoms with van der Waals surface area (Å²) < 4.78 is 0. The Morgan fingerprint density at radius 1 is 1.00 bits per heavy atom. The average Bonchev–Trinajstić information content (AvgIpc) is 2.20. The maximum absolute atomic E-state index is 11.2. The fourth-order valence-corrected chi connectivity index (χ4v) is 1.64. The highest BCUT2D eigenvalue weighted by molar-refractivity contribution is 5.71. The van der Waals surface area contributed by atoms with Crippen LogP contribution in [0, 0.1) is 0 Å². The maximum atomic E-state index is 11.2. The smallest absolute Gasteiger partial charge is 0.314 e. The lowest BCUT2D eigenvalue weighted by Gasteiger charge is -2.21. The van der Waals surface area contributed by atoms with Crippen molar-refractivity contribution in [2.45, 2.75) is 39.0 Å². The van der Waals surface area contributed by atoms with Crippen LogP contribution in [0.25, 0.3) is 0 Å². The molecule has 0 fully saturated rings. The van der Waals surface area contributed by atoms with Crippen molar-refractivity contribution < 1.29 is 4.79 Å². The summed E-state index contributed by atoms with van der Waals surface area (Å²) in [4.78, 5) is 15.1. The summed E-state index contributed by atoms with van der Waals surface area (Å²) in [5, 5.41) is 0. The van der Waals surface area contributed by atoms with Gasteiger partial charge < -0.3 is 15.5 Å². The Labute approximate surface area is 99.8 Å². The second kappa shape index (κ2) is 9.46. The van der Waals surface area contributed by atoms with Gasteiger partial charge in [-0.15, -0.1) is 0 Å². The number of unbranched alkanes of at least 4 members (excludes halogenated alkanes) is 3. The first-order chi connectivity index (χ1) is 7.57. The molecular weight excluding hydrogens is 202 g/mol. The monoisotopic (exact) mass is 229 g/mol. The number of nitrogens with zero attached hydrogens (tertiary/aromatic N) is 2. The van der Waals surface area contributed by atoms with Crippen LogP contribution in [0.2, 0.25) is 0 Å². The van der Waals surface area contributed by atoms with Gasteiger partial charge in [0.05, 0.1) is 0 Å². The van der Waals surface area contributed by atoms with E-state index in [2.05, 4.69) is 11.8 Å². The summed E-state index contributed by atoms with van der Waals surface area (Å²) in [5.74, 6) is 0. The number of urea groups is 1. The molecule has 0 aliphatic carbocycles. The highest BCUT2D eigenvalue weighted by Crippen LogP contribution is 2.02. The van der Waals surface area contributed by atoms with Crippen LogP contribution in [-0.4, -0.2) is 49.6 Å². The number of carbonyl (C=O) groups excluding carboxylic acids is 1. The first-order valence-electron chi connectivity index (χ1n) is 6.27. The molecule has 0 saturated carbocycles. The van der Waals surface area contributed by atoms with E-state index in [1.54, 1.807) is 4.90 Å². The topological polar surface area (TPSA) is 49.6 Å². The Bertz CT molecular complexity index is 183.